The molecule has 0 aliphatic carbocycles. The first-order valence-electron chi connectivity index (χ1n) is 6.25. The Morgan fingerprint density at radius 1 is 1.10 bits per heavy atom. The molecule has 0 saturated carbocycles. The third-order valence-electron chi connectivity index (χ3n) is 2.82. The van der Waals surface area contributed by atoms with Crippen LogP contribution in [0.25, 0.3) is 0 Å². The van der Waals surface area contributed by atoms with Gasteiger partial charge in [0, 0.05) is 17.8 Å². The van der Waals surface area contributed by atoms with Gasteiger partial charge in [-0.1, -0.05) is 18.2 Å². The fraction of sp³-hybridized carbons (Fsp3) is 0.200. The minimum atomic E-state index is -4.71. The van der Waals surface area contributed by atoms with E-state index in [2.05, 4.69) is 10.1 Å². The summed E-state index contributed by atoms with van der Waals surface area (Å²) in [5, 5.41) is 12.5. The average molecular weight is 297 g/mol. The molecule has 6 heteroatoms. The van der Waals surface area contributed by atoms with E-state index in [0.717, 1.165) is 5.56 Å². The topological polar surface area (TPSA) is 41.5 Å². The molecule has 3 nitrogen and oxygen atoms in total. The van der Waals surface area contributed by atoms with E-state index in [1.54, 1.807) is 24.3 Å². The number of benzene rings is 2. The predicted octanol–water partition coefficient (Wildman–Crippen LogP) is 4.46. The van der Waals surface area contributed by atoms with Crippen molar-refractivity contribution in [1.29, 1.82) is 0 Å². The molecule has 2 aromatic carbocycles. The number of halogens is 3. The summed E-state index contributed by atoms with van der Waals surface area (Å²) >= 11 is 0. The van der Waals surface area contributed by atoms with E-state index in [1.165, 1.54) is 18.2 Å². The lowest BCUT2D eigenvalue weighted by Gasteiger charge is -2.17. The zero-order valence-corrected chi connectivity index (χ0v) is 11.2. The summed E-state index contributed by atoms with van der Waals surface area (Å²) in [6.07, 6.45) is -4.71. The van der Waals surface area contributed by atoms with Gasteiger partial charge in [-0.2, -0.15) is 0 Å². The fourth-order valence-corrected chi connectivity index (χ4v) is 1.91. The normalized spacial score (nSPS) is 12.8. The molecule has 1 unspecified atom stereocenters. The Morgan fingerprint density at radius 2 is 1.81 bits per heavy atom. The van der Waals surface area contributed by atoms with Crippen molar-refractivity contribution in [2.45, 2.75) is 19.3 Å². The molecule has 0 heterocycles. The predicted molar refractivity (Wildman–Crippen MR) is 73.3 cm³/mol. The maximum absolute atomic E-state index is 12.2. The fourth-order valence-electron chi connectivity index (χ4n) is 1.91. The van der Waals surface area contributed by atoms with Gasteiger partial charge in [0.05, 0.1) is 0 Å². The third kappa shape index (κ3) is 4.59. The van der Waals surface area contributed by atoms with Crippen LogP contribution in [0.15, 0.2) is 48.5 Å². The molecule has 2 rings (SSSR count). The van der Waals surface area contributed by atoms with Crippen LogP contribution in [0, 0.1) is 0 Å². The summed E-state index contributed by atoms with van der Waals surface area (Å²) in [5.74, 6) is -0.147. The lowest BCUT2D eigenvalue weighted by Crippen LogP contribution is -2.17. The summed E-state index contributed by atoms with van der Waals surface area (Å²) in [4.78, 5) is 0. The molecule has 0 aliphatic rings. The standard InChI is InChI=1S/C15H14F3NO2/c1-10(11-4-2-6-13(20)8-11)19-12-5-3-7-14(9-12)21-15(16,17)18/h2-10,19-20H,1H3. The van der Waals surface area contributed by atoms with Crippen LogP contribution in [0.4, 0.5) is 18.9 Å². The molecule has 2 N–H and O–H groups in total. The van der Waals surface area contributed by atoms with Crippen LogP contribution in [0.2, 0.25) is 0 Å². The van der Waals surface area contributed by atoms with Crippen molar-refractivity contribution in [3.63, 3.8) is 0 Å². The maximum atomic E-state index is 12.2. The number of rotatable bonds is 4. The Morgan fingerprint density at radius 3 is 2.48 bits per heavy atom. The Kier molecular flexibility index (Phi) is 4.26. The lowest BCUT2D eigenvalue weighted by atomic mass is 10.1. The number of anilines is 1. The van der Waals surface area contributed by atoms with E-state index in [9.17, 15) is 18.3 Å². The molecule has 0 bridgehead atoms. The Hall–Kier alpha value is -2.37. The van der Waals surface area contributed by atoms with Crippen molar-refractivity contribution in [3.05, 3.63) is 54.1 Å². The molecule has 0 radical (unpaired) electrons. The van der Waals surface area contributed by atoms with Crippen LogP contribution >= 0.6 is 0 Å². The van der Waals surface area contributed by atoms with Gasteiger partial charge in [-0.15, -0.1) is 13.2 Å². The van der Waals surface area contributed by atoms with E-state index in [1.807, 2.05) is 13.0 Å². The molecule has 1 atom stereocenters. The maximum Gasteiger partial charge on any atom is 0.573 e. The van der Waals surface area contributed by atoms with Crippen molar-refractivity contribution < 1.29 is 23.0 Å². The molecule has 2 aromatic rings. The number of ether oxygens (including phenoxy) is 1. The van der Waals surface area contributed by atoms with Gasteiger partial charge in [-0.05, 0) is 36.8 Å². The minimum Gasteiger partial charge on any atom is -0.508 e. The van der Waals surface area contributed by atoms with Gasteiger partial charge in [0.15, 0.2) is 0 Å². The quantitative estimate of drug-likeness (QED) is 0.875. The highest BCUT2D eigenvalue weighted by Gasteiger charge is 2.31. The average Bonchev–Trinajstić information content (AvgIpc) is 2.37. The highest BCUT2D eigenvalue weighted by molar-refractivity contribution is 5.50. The summed E-state index contributed by atoms with van der Waals surface area (Å²) < 4.78 is 40.4. The number of aromatic hydroxyl groups is 1. The SMILES string of the molecule is CC(Nc1cccc(OC(F)(F)F)c1)c1cccc(O)c1. The van der Waals surface area contributed by atoms with Crippen LogP contribution in [0.1, 0.15) is 18.5 Å². The number of phenolic OH excluding ortho intramolecular Hbond substituents is 1. The van der Waals surface area contributed by atoms with Crippen LogP contribution in [0.3, 0.4) is 0 Å². The zero-order chi connectivity index (χ0) is 15.5. The van der Waals surface area contributed by atoms with Crippen LogP contribution in [0.5, 0.6) is 11.5 Å². The zero-order valence-electron chi connectivity index (χ0n) is 11.2. The second-order valence-electron chi connectivity index (χ2n) is 4.54. The van der Waals surface area contributed by atoms with Crippen LogP contribution in [-0.2, 0) is 0 Å². The van der Waals surface area contributed by atoms with E-state index in [4.69, 9.17) is 0 Å². The molecule has 0 aromatic heterocycles. The molecular formula is C15H14F3NO2. The van der Waals surface area contributed by atoms with Gasteiger partial charge in [-0.3, -0.25) is 0 Å². The van der Waals surface area contributed by atoms with Gasteiger partial charge in [-0.25, -0.2) is 0 Å². The monoisotopic (exact) mass is 297 g/mol. The van der Waals surface area contributed by atoms with E-state index >= 15 is 0 Å². The van der Waals surface area contributed by atoms with E-state index in [-0.39, 0.29) is 17.5 Å². The number of hydrogen-bond donors (Lipinski definition) is 2. The number of alkyl halides is 3. The molecular weight excluding hydrogens is 283 g/mol. The highest BCUT2D eigenvalue weighted by atomic mass is 19.4. The first-order chi connectivity index (χ1) is 9.83. The van der Waals surface area contributed by atoms with E-state index in [0.29, 0.717) is 5.69 Å². The Bertz CT molecular complexity index is 614. The van der Waals surface area contributed by atoms with Crippen molar-refractivity contribution in [1.82, 2.24) is 0 Å². The van der Waals surface area contributed by atoms with Crippen molar-refractivity contribution >= 4 is 5.69 Å². The first-order valence-corrected chi connectivity index (χ1v) is 6.25. The van der Waals surface area contributed by atoms with Crippen molar-refractivity contribution in [3.8, 4) is 11.5 Å². The van der Waals surface area contributed by atoms with Crippen LogP contribution in [-0.4, -0.2) is 11.5 Å². The molecule has 0 spiro atoms. The number of phenols is 1. The summed E-state index contributed by atoms with van der Waals surface area (Å²) in [5.41, 5.74) is 1.31. The molecule has 21 heavy (non-hydrogen) atoms. The second-order valence-corrected chi connectivity index (χ2v) is 4.54. The van der Waals surface area contributed by atoms with Gasteiger partial charge >= 0.3 is 6.36 Å². The van der Waals surface area contributed by atoms with Gasteiger partial charge < -0.3 is 15.2 Å². The smallest absolute Gasteiger partial charge is 0.508 e. The largest absolute Gasteiger partial charge is 0.573 e. The molecule has 112 valence electrons. The Balaban J connectivity index is 2.11. The lowest BCUT2D eigenvalue weighted by molar-refractivity contribution is -0.274. The van der Waals surface area contributed by atoms with E-state index < -0.39 is 6.36 Å². The molecule has 0 fully saturated rings. The van der Waals surface area contributed by atoms with Crippen molar-refractivity contribution in [2.75, 3.05) is 5.32 Å². The molecule has 0 saturated heterocycles. The summed E-state index contributed by atoms with van der Waals surface area (Å²) in [6, 6.07) is 12.1. The first kappa shape index (κ1) is 15.0. The number of nitrogens with one attached hydrogen (secondary N) is 1. The van der Waals surface area contributed by atoms with Gasteiger partial charge in [0.25, 0.3) is 0 Å². The Labute approximate surface area is 120 Å². The summed E-state index contributed by atoms with van der Waals surface area (Å²) in [7, 11) is 0. The minimum absolute atomic E-state index is 0.135. The van der Waals surface area contributed by atoms with Crippen molar-refractivity contribution in [2.24, 2.45) is 0 Å². The molecule has 0 amide bonds. The second kappa shape index (κ2) is 5.95. The van der Waals surface area contributed by atoms with Gasteiger partial charge in [0.1, 0.15) is 11.5 Å². The third-order valence-corrected chi connectivity index (χ3v) is 2.82. The summed E-state index contributed by atoms with van der Waals surface area (Å²) in [6.45, 7) is 1.84. The van der Waals surface area contributed by atoms with Crippen LogP contribution < -0.4 is 10.1 Å². The number of hydrogen-bond acceptors (Lipinski definition) is 3. The molecule has 0 aliphatic heterocycles. The van der Waals surface area contributed by atoms with Gasteiger partial charge in [0.2, 0.25) is 0 Å². The highest BCUT2D eigenvalue weighted by Crippen LogP contribution is 2.27.